The maximum Gasteiger partial charge on any atom is 0.335 e. The Morgan fingerprint density at radius 3 is 2.78 bits per heavy atom. The molecule has 6 heteroatoms. The second-order valence-electron chi connectivity index (χ2n) is 6.09. The summed E-state index contributed by atoms with van der Waals surface area (Å²) >= 11 is 6.03. The van der Waals surface area contributed by atoms with Gasteiger partial charge in [0, 0.05) is 15.9 Å². The van der Waals surface area contributed by atoms with Crippen LogP contribution in [-0.2, 0) is 0 Å². The molecule has 1 fully saturated rings. The molecule has 0 aliphatic heterocycles. The first-order valence-corrected chi connectivity index (χ1v) is 7.98. The van der Waals surface area contributed by atoms with Crippen molar-refractivity contribution in [1.82, 2.24) is 4.98 Å². The summed E-state index contributed by atoms with van der Waals surface area (Å²) in [6.07, 6.45) is 4.79. The third-order valence-electron chi connectivity index (χ3n) is 4.80. The highest BCUT2D eigenvalue weighted by Crippen LogP contribution is 2.56. The van der Waals surface area contributed by atoms with Crippen LogP contribution in [0.4, 0.5) is 11.4 Å². The molecule has 0 radical (unpaired) electrons. The summed E-state index contributed by atoms with van der Waals surface area (Å²) in [6.45, 7) is 0. The van der Waals surface area contributed by atoms with Crippen molar-refractivity contribution in [3.05, 3.63) is 57.2 Å². The summed E-state index contributed by atoms with van der Waals surface area (Å²) < 4.78 is 0. The molecular weight excluding hydrogens is 314 g/mol. The minimum Gasteiger partial charge on any atom is -0.354 e. The van der Waals surface area contributed by atoms with Gasteiger partial charge in [-0.1, -0.05) is 17.7 Å². The Morgan fingerprint density at radius 1 is 1.26 bits per heavy atom. The highest BCUT2D eigenvalue weighted by Gasteiger charge is 2.42. The number of halogens is 1. The predicted octanol–water partition coefficient (Wildman–Crippen LogP) is 4.75. The van der Waals surface area contributed by atoms with Crippen molar-refractivity contribution < 1.29 is 4.79 Å². The van der Waals surface area contributed by atoms with E-state index in [1.165, 1.54) is 0 Å². The molecule has 1 heterocycles. The van der Waals surface area contributed by atoms with Crippen molar-refractivity contribution in [1.29, 1.82) is 0 Å². The number of rotatable bonds is 3. The van der Waals surface area contributed by atoms with Crippen molar-refractivity contribution in [2.24, 2.45) is 5.18 Å². The molecule has 1 N–H and O–H groups in total. The smallest absolute Gasteiger partial charge is 0.335 e. The average Bonchev–Trinajstić information content (AvgIpc) is 3.17. The fourth-order valence-electron chi connectivity index (χ4n) is 3.93. The van der Waals surface area contributed by atoms with E-state index in [0.29, 0.717) is 16.9 Å². The Labute approximate surface area is 138 Å². The van der Waals surface area contributed by atoms with Crippen molar-refractivity contribution in [3.63, 3.8) is 0 Å². The van der Waals surface area contributed by atoms with Crippen LogP contribution in [0.2, 0.25) is 5.02 Å². The number of pyridine rings is 1. The third-order valence-corrected chi connectivity index (χ3v) is 5.03. The van der Waals surface area contributed by atoms with Gasteiger partial charge in [-0.05, 0) is 60.4 Å². The summed E-state index contributed by atoms with van der Waals surface area (Å²) in [5.74, 6) is -0.0506. The van der Waals surface area contributed by atoms with Gasteiger partial charge in [-0.15, -0.1) is 4.91 Å². The minimum absolute atomic E-state index is 0.221. The summed E-state index contributed by atoms with van der Waals surface area (Å²) in [7, 11) is 0. The number of nitrogens with zero attached hydrogens (tertiary/aromatic N) is 2. The molecule has 2 bridgehead atoms. The Balaban J connectivity index is 1.80. The van der Waals surface area contributed by atoms with Gasteiger partial charge in [0.15, 0.2) is 0 Å². The number of amides is 1. The molecule has 2 aromatic rings. The van der Waals surface area contributed by atoms with Gasteiger partial charge in [-0.3, -0.25) is 4.79 Å². The molecule has 116 valence electrons. The second-order valence-corrected chi connectivity index (χ2v) is 6.52. The van der Waals surface area contributed by atoms with Crippen LogP contribution in [-0.4, -0.2) is 10.9 Å². The Kier molecular flexibility index (Phi) is 3.38. The van der Waals surface area contributed by atoms with Crippen molar-refractivity contribution in [2.75, 3.05) is 5.32 Å². The van der Waals surface area contributed by atoms with Crippen LogP contribution in [0, 0.1) is 4.91 Å². The molecule has 2 unspecified atom stereocenters. The van der Waals surface area contributed by atoms with Crippen LogP contribution in [0.5, 0.6) is 0 Å². The van der Waals surface area contributed by atoms with Crippen LogP contribution in [0.25, 0.3) is 0 Å². The van der Waals surface area contributed by atoms with Gasteiger partial charge in [0.25, 0.3) is 0 Å². The summed E-state index contributed by atoms with van der Waals surface area (Å²) in [5, 5.41) is 6.55. The molecule has 2 aliphatic carbocycles. The summed E-state index contributed by atoms with van der Waals surface area (Å²) in [5.41, 5.74) is 4.01. The topological polar surface area (TPSA) is 71.4 Å². The highest BCUT2D eigenvalue weighted by molar-refractivity contribution is 6.30. The number of benzene rings is 1. The molecule has 0 saturated heterocycles. The molecule has 1 aromatic carbocycles. The van der Waals surface area contributed by atoms with Gasteiger partial charge in [0.1, 0.15) is 5.69 Å². The van der Waals surface area contributed by atoms with Crippen LogP contribution in [0.1, 0.15) is 52.7 Å². The molecule has 1 amide bonds. The van der Waals surface area contributed by atoms with Crippen LogP contribution >= 0.6 is 11.6 Å². The van der Waals surface area contributed by atoms with E-state index in [4.69, 9.17) is 11.6 Å². The zero-order valence-corrected chi connectivity index (χ0v) is 13.0. The number of hydrogen-bond donors (Lipinski definition) is 1. The molecule has 23 heavy (non-hydrogen) atoms. The third kappa shape index (κ3) is 2.32. The van der Waals surface area contributed by atoms with E-state index in [1.807, 2.05) is 24.3 Å². The Bertz CT molecular complexity index is 821. The van der Waals surface area contributed by atoms with E-state index in [9.17, 15) is 9.70 Å². The van der Waals surface area contributed by atoms with Gasteiger partial charge in [0.2, 0.25) is 0 Å². The lowest BCUT2D eigenvalue weighted by Crippen LogP contribution is -2.11. The molecule has 5 nitrogen and oxygen atoms in total. The molecule has 0 spiro atoms. The lowest BCUT2D eigenvalue weighted by atomic mass is 9.89. The zero-order chi connectivity index (χ0) is 16.0. The van der Waals surface area contributed by atoms with Crippen LogP contribution in [0.3, 0.4) is 0 Å². The van der Waals surface area contributed by atoms with Crippen molar-refractivity contribution in [3.8, 4) is 0 Å². The number of carbonyl (C=O) groups excluding carboxylic acids is 1. The normalized spacial score (nSPS) is 21.1. The maximum absolute atomic E-state index is 11.8. The number of anilines is 2. The minimum atomic E-state index is -0.775. The first-order chi connectivity index (χ1) is 11.2. The van der Waals surface area contributed by atoms with Gasteiger partial charge in [0.05, 0.1) is 11.9 Å². The highest BCUT2D eigenvalue weighted by atomic mass is 35.5. The van der Waals surface area contributed by atoms with E-state index in [-0.39, 0.29) is 5.69 Å². The zero-order valence-electron chi connectivity index (χ0n) is 12.3. The van der Waals surface area contributed by atoms with Crippen molar-refractivity contribution in [2.45, 2.75) is 31.1 Å². The van der Waals surface area contributed by atoms with E-state index in [1.54, 1.807) is 6.20 Å². The van der Waals surface area contributed by atoms with E-state index in [2.05, 4.69) is 15.5 Å². The first-order valence-electron chi connectivity index (χ1n) is 7.60. The molecule has 2 atom stereocenters. The monoisotopic (exact) mass is 327 g/mol. The second kappa shape index (κ2) is 5.42. The van der Waals surface area contributed by atoms with E-state index in [0.717, 1.165) is 41.8 Å². The lowest BCUT2D eigenvalue weighted by molar-refractivity contribution is 0.0994. The quantitative estimate of drug-likeness (QED) is 0.826. The SMILES string of the molecule is O=NC(=O)c1ncc(Nc2cccc(Cl)c2)c2c1C1CCC2C1. The fourth-order valence-corrected chi connectivity index (χ4v) is 4.13. The summed E-state index contributed by atoms with van der Waals surface area (Å²) in [6, 6.07) is 7.46. The van der Waals surface area contributed by atoms with Gasteiger partial charge in [-0.2, -0.15) is 0 Å². The standard InChI is InChI=1S/C17H14ClN3O2/c18-11-2-1-3-12(7-11)20-13-8-19-16(17(22)21-23)15-10-5-4-9(6-10)14(13)15/h1-3,7-10,20H,4-6H2. The number of hydrogen-bond acceptors (Lipinski definition) is 4. The number of nitroso groups, excluding NO2 is 1. The average molecular weight is 328 g/mol. The van der Waals surface area contributed by atoms with Gasteiger partial charge >= 0.3 is 5.91 Å². The number of carbonyl (C=O) groups is 1. The summed E-state index contributed by atoms with van der Waals surface area (Å²) in [4.78, 5) is 26.7. The Hall–Kier alpha value is -2.27. The number of nitrogens with one attached hydrogen (secondary N) is 1. The number of fused-ring (bicyclic) bond motifs is 5. The van der Waals surface area contributed by atoms with Crippen molar-refractivity contribution >= 4 is 28.9 Å². The molecule has 1 aromatic heterocycles. The van der Waals surface area contributed by atoms with Gasteiger partial charge in [-0.25, -0.2) is 4.98 Å². The largest absolute Gasteiger partial charge is 0.354 e. The molecule has 1 saturated carbocycles. The van der Waals surface area contributed by atoms with Crippen LogP contribution in [0.15, 0.2) is 35.6 Å². The maximum atomic E-state index is 11.8. The lowest BCUT2D eigenvalue weighted by Gasteiger charge is -2.21. The predicted molar refractivity (Wildman–Crippen MR) is 88.4 cm³/mol. The fraction of sp³-hybridized carbons (Fsp3) is 0.294. The molecule has 2 aliphatic rings. The van der Waals surface area contributed by atoms with E-state index < -0.39 is 5.91 Å². The van der Waals surface area contributed by atoms with Gasteiger partial charge < -0.3 is 5.32 Å². The first kappa shape index (κ1) is 14.3. The Morgan fingerprint density at radius 2 is 2.04 bits per heavy atom. The number of aromatic nitrogens is 1. The molecular formula is C17H14ClN3O2. The van der Waals surface area contributed by atoms with Crippen LogP contribution < -0.4 is 5.32 Å². The van der Waals surface area contributed by atoms with E-state index >= 15 is 0 Å². The molecule has 4 rings (SSSR count).